The standard InChI is InChI=1S/C21H15BrCl2N2/c22-16-9-5-15(6-10-16)21-13-19(14-7-11-17(23)12-8-14)25-26(21)20-4-2-1-3-18(20)24/h1-12,21H,13H2/t21-/m0/s1. The zero-order valence-electron chi connectivity index (χ0n) is 13.7. The topological polar surface area (TPSA) is 15.6 Å². The van der Waals surface area contributed by atoms with Crippen molar-refractivity contribution in [3.63, 3.8) is 0 Å². The Balaban J connectivity index is 1.77. The highest BCUT2D eigenvalue weighted by Crippen LogP contribution is 2.39. The summed E-state index contributed by atoms with van der Waals surface area (Å²) in [4.78, 5) is 0. The Hall–Kier alpha value is -1.81. The Labute approximate surface area is 171 Å². The number of hydrazone groups is 1. The summed E-state index contributed by atoms with van der Waals surface area (Å²) in [6.45, 7) is 0. The van der Waals surface area contributed by atoms with Crippen LogP contribution in [0.1, 0.15) is 23.6 Å². The van der Waals surface area contributed by atoms with Gasteiger partial charge in [-0.1, -0.05) is 75.5 Å². The molecule has 0 N–H and O–H groups in total. The van der Waals surface area contributed by atoms with E-state index in [1.165, 1.54) is 5.56 Å². The summed E-state index contributed by atoms with van der Waals surface area (Å²) in [6.07, 6.45) is 0.800. The van der Waals surface area contributed by atoms with Gasteiger partial charge in [0.2, 0.25) is 0 Å². The van der Waals surface area contributed by atoms with Crippen molar-refractivity contribution in [2.24, 2.45) is 5.10 Å². The van der Waals surface area contributed by atoms with E-state index < -0.39 is 0 Å². The van der Waals surface area contributed by atoms with Gasteiger partial charge in [0, 0.05) is 15.9 Å². The zero-order chi connectivity index (χ0) is 18.1. The molecule has 0 aliphatic carbocycles. The van der Waals surface area contributed by atoms with E-state index in [9.17, 15) is 0 Å². The molecular formula is C21H15BrCl2N2. The van der Waals surface area contributed by atoms with Crippen LogP contribution in [0.3, 0.4) is 0 Å². The van der Waals surface area contributed by atoms with E-state index in [2.05, 4.69) is 40.2 Å². The summed E-state index contributed by atoms with van der Waals surface area (Å²) in [5, 5.41) is 8.35. The first-order valence-electron chi connectivity index (χ1n) is 8.24. The fourth-order valence-electron chi connectivity index (χ4n) is 3.13. The minimum atomic E-state index is 0.0914. The van der Waals surface area contributed by atoms with Crippen molar-refractivity contribution in [1.82, 2.24) is 0 Å². The number of halogens is 3. The highest BCUT2D eigenvalue weighted by atomic mass is 79.9. The van der Waals surface area contributed by atoms with Gasteiger partial charge in [-0.2, -0.15) is 5.10 Å². The molecule has 2 nitrogen and oxygen atoms in total. The fraction of sp³-hybridized carbons (Fsp3) is 0.0952. The van der Waals surface area contributed by atoms with E-state index in [1.807, 2.05) is 53.5 Å². The van der Waals surface area contributed by atoms with Crippen molar-refractivity contribution in [3.05, 3.63) is 98.4 Å². The van der Waals surface area contributed by atoms with Crippen LogP contribution in [0.5, 0.6) is 0 Å². The molecule has 0 fully saturated rings. The molecule has 0 saturated heterocycles. The molecule has 4 rings (SSSR count). The molecule has 0 amide bonds. The average Bonchev–Trinajstić information content (AvgIpc) is 3.08. The van der Waals surface area contributed by atoms with Gasteiger partial charge < -0.3 is 0 Å². The van der Waals surface area contributed by atoms with Gasteiger partial charge in [-0.15, -0.1) is 0 Å². The van der Waals surface area contributed by atoms with Crippen molar-refractivity contribution < 1.29 is 0 Å². The molecule has 3 aromatic rings. The minimum absolute atomic E-state index is 0.0914. The highest BCUT2D eigenvalue weighted by molar-refractivity contribution is 9.10. The second-order valence-electron chi connectivity index (χ2n) is 6.12. The summed E-state index contributed by atoms with van der Waals surface area (Å²) in [7, 11) is 0. The summed E-state index contributed by atoms with van der Waals surface area (Å²) in [5.74, 6) is 0. The number of anilines is 1. The van der Waals surface area contributed by atoms with Crippen LogP contribution in [-0.2, 0) is 0 Å². The lowest BCUT2D eigenvalue weighted by atomic mass is 9.98. The second-order valence-corrected chi connectivity index (χ2v) is 7.88. The lowest BCUT2D eigenvalue weighted by Crippen LogP contribution is -2.18. The van der Waals surface area contributed by atoms with Crippen LogP contribution >= 0.6 is 39.1 Å². The summed E-state index contributed by atoms with van der Waals surface area (Å²) in [5.41, 5.74) is 4.20. The Bertz CT molecular complexity index is 953. The van der Waals surface area contributed by atoms with Crippen LogP contribution in [0.15, 0.2) is 82.4 Å². The van der Waals surface area contributed by atoms with Crippen LogP contribution in [0.25, 0.3) is 0 Å². The van der Waals surface area contributed by atoms with E-state index in [-0.39, 0.29) is 6.04 Å². The molecule has 0 bridgehead atoms. The molecule has 0 unspecified atom stereocenters. The van der Waals surface area contributed by atoms with Gasteiger partial charge in [0.05, 0.1) is 22.5 Å². The van der Waals surface area contributed by atoms with Gasteiger partial charge in [0.15, 0.2) is 0 Å². The van der Waals surface area contributed by atoms with Gasteiger partial charge in [-0.05, 0) is 47.5 Å². The number of rotatable bonds is 3. The predicted molar refractivity (Wildman–Crippen MR) is 113 cm³/mol. The molecule has 0 saturated carbocycles. The monoisotopic (exact) mass is 444 g/mol. The number of hydrogen-bond acceptors (Lipinski definition) is 2. The quantitative estimate of drug-likeness (QED) is 0.419. The zero-order valence-corrected chi connectivity index (χ0v) is 16.8. The van der Waals surface area contributed by atoms with Crippen molar-refractivity contribution in [2.45, 2.75) is 12.5 Å². The predicted octanol–water partition coefficient (Wildman–Crippen LogP) is 7.11. The molecular weight excluding hydrogens is 431 g/mol. The van der Waals surface area contributed by atoms with Crippen molar-refractivity contribution in [2.75, 3.05) is 5.01 Å². The Kier molecular flexibility index (Phi) is 5.03. The van der Waals surface area contributed by atoms with Crippen LogP contribution in [0.2, 0.25) is 10.0 Å². The SMILES string of the molecule is Clc1ccc(C2=NN(c3ccccc3Cl)[C@H](c3ccc(Br)cc3)C2)cc1. The fourth-order valence-corrected chi connectivity index (χ4v) is 3.74. The number of benzene rings is 3. The lowest BCUT2D eigenvalue weighted by Gasteiger charge is -2.24. The van der Waals surface area contributed by atoms with Crippen molar-refractivity contribution >= 4 is 50.5 Å². The number of hydrogen-bond donors (Lipinski definition) is 0. The van der Waals surface area contributed by atoms with Gasteiger partial charge in [-0.25, -0.2) is 0 Å². The largest absolute Gasteiger partial charge is 0.256 e. The van der Waals surface area contributed by atoms with Crippen molar-refractivity contribution in [3.8, 4) is 0 Å². The van der Waals surface area contributed by atoms with Crippen LogP contribution < -0.4 is 5.01 Å². The van der Waals surface area contributed by atoms with E-state index in [0.717, 1.165) is 32.9 Å². The van der Waals surface area contributed by atoms with E-state index in [0.29, 0.717) is 5.02 Å². The number of nitrogens with zero attached hydrogens (tertiary/aromatic N) is 2. The summed E-state index contributed by atoms with van der Waals surface area (Å²) < 4.78 is 1.06. The van der Waals surface area contributed by atoms with E-state index >= 15 is 0 Å². The second kappa shape index (κ2) is 7.43. The first-order chi connectivity index (χ1) is 12.6. The maximum Gasteiger partial charge on any atom is 0.0832 e. The third-order valence-corrected chi connectivity index (χ3v) is 5.54. The first-order valence-corrected chi connectivity index (χ1v) is 9.79. The molecule has 1 aliphatic heterocycles. The van der Waals surface area contributed by atoms with Crippen molar-refractivity contribution in [1.29, 1.82) is 0 Å². The molecule has 0 spiro atoms. The van der Waals surface area contributed by atoms with Gasteiger partial charge >= 0.3 is 0 Å². The summed E-state index contributed by atoms with van der Waals surface area (Å²) in [6, 6.07) is 24.1. The molecule has 1 heterocycles. The van der Waals surface area contributed by atoms with Gasteiger partial charge in [0.25, 0.3) is 0 Å². The van der Waals surface area contributed by atoms with Gasteiger partial charge in [-0.3, -0.25) is 5.01 Å². The third kappa shape index (κ3) is 3.52. The third-order valence-electron chi connectivity index (χ3n) is 4.44. The molecule has 26 heavy (non-hydrogen) atoms. The van der Waals surface area contributed by atoms with E-state index in [4.69, 9.17) is 28.3 Å². The molecule has 0 aromatic heterocycles. The van der Waals surface area contributed by atoms with Crippen LogP contribution in [0.4, 0.5) is 5.69 Å². The molecule has 130 valence electrons. The molecule has 1 aliphatic rings. The molecule has 5 heteroatoms. The normalized spacial score (nSPS) is 16.7. The minimum Gasteiger partial charge on any atom is -0.256 e. The Morgan fingerprint density at radius 2 is 1.58 bits per heavy atom. The maximum absolute atomic E-state index is 6.46. The lowest BCUT2D eigenvalue weighted by molar-refractivity contribution is 0.709. The highest BCUT2D eigenvalue weighted by Gasteiger charge is 2.30. The smallest absolute Gasteiger partial charge is 0.0832 e. The Morgan fingerprint density at radius 3 is 2.27 bits per heavy atom. The molecule has 1 atom stereocenters. The summed E-state index contributed by atoms with van der Waals surface area (Å²) >= 11 is 16.0. The van der Waals surface area contributed by atoms with Crippen LogP contribution in [0, 0.1) is 0 Å². The molecule has 3 aromatic carbocycles. The maximum atomic E-state index is 6.46. The van der Waals surface area contributed by atoms with Crippen LogP contribution in [-0.4, -0.2) is 5.71 Å². The first kappa shape index (κ1) is 17.6. The Morgan fingerprint density at radius 1 is 0.885 bits per heavy atom. The molecule has 0 radical (unpaired) electrons. The van der Waals surface area contributed by atoms with E-state index in [1.54, 1.807) is 0 Å². The number of para-hydroxylation sites is 1. The van der Waals surface area contributed by atoms with Gasteiger partial charge in [0.1, 0.15) is 0 Å². The average molecular weight is 446 g/mol.